The number of aryl methyl sites for hydroxylation is 1. The van der Waals surface area contributed by atoms with Gasteiger partial charge in [0.05, 0.1) is 0 Å². The van der Waals surface area contributed by atoms with Gasteiger partial charge in [0.2, 0.25) is 0 Å². The van der Waals surface area contributed by atoms with Crippen LogP contribution in [0.1, 0.15) is 35.6 Å². The zero-order valence-corrected chi connectivity index (χ0v) is 8.56. The third-order valence-electron chi connectivity index (χ3n) is 2.81. The molecule has 2 heteroatoms. The Kier molecular flexibility index (Phi) is 2.31. The maximum absolute atomic E-state index is 6.22. The molecule has 0 aromatic heterocycles. The van der Waals surface area contributed by atoms with Crippen LogP contribution in [-0.4, -0.2) is 0 Å². The van der Waals surface area contributed by atoms with Crippen molar-refractivity contribution in [3.63, 3.8) is 0 Å². The minimum absolute atomic E-state index is 0.196. The number of fused-ring (bicyclic) bond motifs is 1. The maximum atomic E-state index is 6.22. The summed E-state index contributed by atoms with van der Waals surface area (Å²) in [6.45, 7) is 2.04. The molecule has 0 bridgehead atoms. The summed E-state index contributed by atoms with van der Waals surface area (Å²) in [5.74, 6) is 0. The average molecular weight is 196 g/mol. The molecule has 0 saturated heterocycles. The largest absolute Gasteiger partial charge is 0.324 e. The van der Waals surface area contributed by atoms with E-state index >= 15 is 0 Å². The molecule has 0 aliphatic heterocycles. The second-order valence-electron chi connectivity index (χ2n) is 3.76. The monoisotopic (exact) mass is 195 g/mol. The summed E-state index contributed by atoms with van der Waals surface area (Å²) in [4.78, 5) is 0. The predicted molar refractivity (Wildman–Crippen MR) is 56.1 cm³/mol. The highest BCUT2D eigenvalue weighted by Crippen LogP contribution is 2.34. The van der Waals surface area contributed by atoms with E-state index in [1.165, 1.54) is 11.1 Å². The zero-order chi connectivity index (χ0) is 9.42. The lowest BCUT2D eigenvalue weighted by atomic mass is 9.87. The van der Waals surface area contributed by atoms with E-state index in [0.29, 0.717) is 0 Å². The third-order valence-corrected chi connectivity index (χ3v) is 3.34. The minimum Gasteiger partial charge on any atom is -0.324 e. The van der Waals surface area contributed by atoms with Crippen molar-refractivity contribution in [1.82, 2.24) is 0 Å². The van der Waals surface area contributed by atoms with Crippen LogP contribution in [0.4, 0.5) is 0 Å². The molecule has 1 aliphatic carbocycles. The molecule has 0 saturated carbocycles. The highest BCUT2D eigenvalue weighted by atomic mass is 35.5. The fourth-order valence-corrected chi connectivity index (χ4v) is 2.28. The predicted octanol–water partition coefficient (Wildman–Crippen LogP) is 2.98. The molecule has 2 N–H and O–H groups in total. The Morgan fingerprint density at radius 3 is 3.00 bits per heavy atom. The first-order chi connectivity index (χ1) is 6.20. The van der Waals surface area contributed by atoms with Crippen LogP contribution >= 0.6 is 11.6 Å². The number of halogens is 1. The third kappa shape index (κ3) is 1.47. The second kappa shape index (κ2) is 3.32. The Morgan fingerprint density at radius 1 is 1.46 bits per heavy atom. The van der Waals surface area contributed by atoms with E-state index in [0.717, 1.165) is 29.8 Å². The van der Waals surface area contributed by atoms with Gasteiger partial charge in [0.15, 0.2) is 0 Å². The standard InChI is InChI=1S/C11H14ClN/c1-7-5-6-8-9(11(7)12)3-2-4-10(8)13/h5-6,10H,2-4,13H2,1H3/t10-/m0/s1. The first kappa shape index (κ1) is 9.04. The van der Waals surface area contributed by atoms with Crippen LogP contribution in [-0.2, 0) is 6.42 Å². The van der Waals surface area contributed by atoms with Gasteiger partial charge in [0, 0.05) is 11.1 Å². The molecule has 0 spiro atoms. The summed E-state index contributed by atoms with van der Waals surface area (Å²) < 4.78 is 0. The van der Waals surface area contributed by atoms with E-state index in [9.17, 15) is 0 Å². The van der Waals surface area contributed by atoms with E-state index in [-0.39, 0.29) is 6.04 Å². The van der Waals surface area contributed by atoms with E-state index in [2.05, 4.69) is 12.1 Å². The van der Waals surface area contributed by atoms with Gasteiger partial charge in [-0.1, -0.05) is 23.7 Å². The molecule has 0 radical (unpaired) electrons. The van der Waals surface area contributed by atoms with Crippen LogP contribution < -0.4 is 5.73 Å². The van der Waals surface area contributed by atoms with Gasteiger partial charge in [-0.15, -0.1) is 0 Å². The quantitative estimate of drug-likeness (QED) is 0.677. The Morgan fingerprint density at radius 2 is 2.23 bits per heavy atom. The first-order valence-corrected chi connectivity index (χ1v) is 5.11. The highest BCUT2D eigenvalue weighted by molar-refractivity contribution is 6.32. The topological polar surface area (TPSA) is 26.0 Å². The molecular weight excluding hydrogens is 182 g/mol. The van der Waals surface area contributed by atoms with Crippen molar-refractivity contribution in [3.05, 3.63) is 33.8 Å². The maximum Gasteiger partial charge on any atom is 0.0470 e. The minimum atomic E-state index is 0.196. The Hall–Kier alpha value is -0.530. The van der Waals surface area contributed by atoms with Crippen LogP contribution in [0, 0.1) is 6.92 Å². The van der Waals surface area contributed by atoms with Crippen molar-refractivity contribution in [2.45, 2.75) is 32.2 Å². The molecule has 0 unspecified atom stereocenters. The van der Waals surface area contributed by atoms with Gasteiger partial charge < -0.3 is 5.73 Å². The van der Waals surface area contributed by atoms with Crippen LogP contribution in [0.3, 0.4) is 0 Å². The number of hydrogen-bond acceptors (Lipinski definition) is 1. The highest BCUT2D eigenvalue weighted by Gasteiger charge is 2.19. The Balaban J connectivity index is 2.56. The summed E-state index contributed by atoms with van der Waals surface area (Å²) in [6, 6.07) is 4.38. The molecule has 13 heavy (non-hydrogen) atoms. The molecule has 1 aliphatic rings. The van der Waals surface area contributed by atoms with Crippen LogP contribution in [0.25, 0.3) is 0 Å². The van der Waals surface area contributed by atoms with E-state index < -0.39 is 0 Å². The lowest BCUT2D eigenvalue weighted by Crippen LogP contribution is -2.17. The van der Waals surface area contributed by atoms with E-state index in [1.807, 2.05) is 6.92 Å². The number of hydrogen-bond donors (Lipinski definition) is 1. The lowest BCUT2D eigenvalue weighted by molar-refractivity contribution is 0.570. The number of nitrogens with two attached hydrogens (primary N) is 1. The van der Waals surface area contributed by atoms with E-state index in [1.54, 1.807) is 0 Å². The molecule has 0 amide bonds. The van der Waals surface area contributed by atoms with Gasteiger partial charge in [-0.3, -0.25) is 0 Å². The van der Waals surface area contributed by atoms with Crippen molar-refractivity contribution in [2.75, 3.05) is 0 Å². The number of rotatable bonds is 0. The molecule has 1 aromatic carbocycles. The van der Waals surface area contributed by atoms with Gasteiger partial charge in [0.1, 0.15) is 0 Å². The normalized spacial score (nSPS) is 21.3. The molecule has 1 aromatic rings. The second-order valence-corrected chi connectivity index (χ2v) is 4.14. The van der Waals surface area contributed by atoms with Crippen molar-refractivity contribution >= 4 is 11.6 Å². The lowest BCUT2D eigenvalue weighted by Gasteiger charge is -2.23. The zero-order valence-electron chi connectivity index (χ0n) is 7.81. The van der Waals surface area contributed by atoms with Gasteiger partial charge in [-0.05, 0) is 42.9 Å². The average Bonchev–Trinajstić information content (AvgIpc) is 2.12. The van der Waals surface area contributed by atoms with Gasteiger partial charge >= 0.3 is 0 Å². The first-order valence-electron chi connectivity index (χ1n) is 4.73. The summed E-state index contributed by atoms with van der Waals surface area (Å²) in [5, 5.41) is 0.924. The summed E-state index contributed by atoms with van der Waals surface area (Å²) in [7, 11) is 0. The summed E-state index contributed by atoms with van der Waals surface area (Å²) >= 11 is 6.22. The molecule has 1 atom stereocenters. The molecule has 2 rings (SSSR count). The van der Waals surface area contributed by atoms with E-state index in [4.69, 9.17) is 17.3 Å². The fourth-order valence-electron chi connectivity index (χ4n) is 2.01. The van der Waals surface area contributed by atoms with Crippen molar-refractivity contribution in [2.24, 2.45) is 5.73 Å². The van der Waals surface area contributed by atoms with Crippen molar-refractivity contribution in [3.8, 4) is 0 Å². The van der Waals surface area contributed by atoms with Crippen LogP contribution in [0.5, 0.6) is 0 Å². The SMILES string of the molecule is Cc1ccc2c(c1Cl)CCC[C@@H]2N. The fraction of sp³-hybridized carbons (Fsp3) is 0.455. The molecular formula is C11H14ClN. The smallest absolute Gasteiger partial charge is 0.0470 e. The summed E-state index contributed by atoms with van der Waals surface area (Å²) in [5.41, 5.74) is 9.70. The number of benzene rings is 1. The van der Waals surface area contributed by atoms with Gasteiger partial charge in [0.25, 0.3) is 0 Å². The van der Waals surface area contributed by atoms with Gasteiger partial charge in [-0.25, -0.2) is 0 Å². The van der Waals surface area contributed by atoms with Crippen LogP contribution in [0.2, 0.25) is 5.02 Å². The Labute approximate surface area is 83.9 Å². The van der Waals surface area contributed by atoms with Crippen molar-refractivity contribution < 1.29 is 0 Å². The molecule has 70 valence electrons. The molecule has 1 nitrogen and oxygen atoms in total. The molecule has 0 heterocycles. The summed E-state index contributed by atoms with van der Waals surface area (Å²) in [6.07, 6.45) is 3.34. The Bertz CT molecular complexity index is 333. The molecule has 0 fully saturated rings. The van der Waals surface area contributed by atoms with Crippen LogP contribution in [0.15, 0.2) is 12.1 Å². The van der Waals surface area contributed by atoms with Crippen molar-refractivity contribution in [1.29, 1.82) is 0 Å². The van der Waals surface area contributed by atoms with Gasteiger partial charge in [-0.2, -0.15) is 0 Å².